The molecule has 1 aliphatic heterocycles. The molecule has 0 unspecified atom stereocenters. The fourth-order valence-electron chi connectivity index (χ4n) is 2.97. The Labute approximate surface area is 174 Å². The van der Waals surface area contributed by atoms with E-state index in [-0.39, 0.29) is 13.2 Å². The molecule has 3 N–H and O–H groups in total. The van der Waals surface area contributed by atoms with Crippen LogP contribution in [-0.4, -0.2) is 48.2 Å². The van der Waals surface area contributed by atoms with Crippen LogP contribution in [0, 0.1) is 0 Å². The van der Waals surface area contributed by atoms with Crippen LogP contribution >= 0.6 is 0 Å². The summed E-state index contributed by atoms with van der Waals surface area (Å²) in [6, 6.07) is 17.6. The standard InChI is InChI=1S/C22H25N3O5/c26-21(27)18-11-12-23-20(24-18)19(15-29-13-16-7-3-1-4-8-16)25-22(28)30-14-17-9-5-2-6-10-17/h1-10,18-19H,11-15H2,(H,23,24)(H,25,28)(H,26,27)/t18-,19+/m0/s1. The van der Waals surface area contributed by atoms with Gasteiger partial charge in [-0.2, -0.15) is 0 Å². The van der Waals surface area contributed by atoms with Crippen LogP contribution in [0.2, 0.25) is 0 Å². The van der Waals surface area contributed by atoms with Crippen LogP contribution < -0.4 is 10.6 Å². The highest BCUT2D eigenvalue weighted by atomic mass is 16.5. The highest BCUT2D eigenvalue weighted by molar-refractivity contribution is 5.94. The fraction of sp³-hybridized carbons (Fsp3) is 0.318. The van der Waals surface area contributed by atoms with Gasteiger partial charge in [-0.1, -0.05) is 60.7 Å². The summed E-state index contributed by atoms with van der Waals surface area (Å²) in [4.78, 5) is 28.0. The van der Waals surface area contributed by atoms with Crippen molar-refractivity contribution in [2.45, 2.75) is 31.7 Å². The number of rotatable bonds is 9. The number of alkyl carbamates (subject to hydrolysis) is 1. The van der Waals surface area contributed by atoms with Crippen LogP contribution in [0.5, 0.6) is 0 Å². The summed E-state index contributed by atoms with van der Waals surface area (Å²) >= 11 is 0. The Kier molecular flexibility index (Phi) is 7.79. The van der Waals surface area contributed by atoms with Crippen molar-refractivity contribution < 1.29 is 24.2 Å². The molecule has 0 spiro atoms. The minimum absolute atomic E-state index is 0.119. The van der Waals surface area contributed by atoms with E-state index in [1.165, 1.54) is 0 Å². The molecule has 0 saturated carbocycles. The second kappa shape index (κ2) is 11.0. The third-order valence-electron chi connectivity index (χ3n) is 4.55. The van der Waals surface area contributed by atoms with Crippen LogP contribution in [-0.2, 0) is 27.5 Å². The predicted molar refractivity (Wildman–Crippen MR) is 111 cm³/mol. The molecule has 0 fully saturated rings. The van der Waals surface area contributed by atoms with Crippen LogP contribution in [0.4, 0.5) is 4.79 Å². The third-order valence-corrected chi connectivity index (χ3v) is 4.55. The average molecular weight is 411 g/mol. The lowest BCUT2D eigenvalue weighted by molar-refractivity contribution is -0.139. The van der Waals surface area contributed by atoms with Crippen LogP contribution in [0.25, 0.3) is 0 Å². The van der Waals surface area contributed by atoms with Gasteiger partial charge in [0.1, 0.15) is 24.5 Å². The molecule has 1 aliphatic rings. The number of amides is 1. The number of amidine groups is 1. The summed E-state index contributed by atoms with van der Waals surface area (Å²) < 4.78 is 11.0. The number of aliphatic imine (C=N–C) groups is 1. The van der Waals surface area contributed by atoms with Crippen LogP contribution in [0.3, 0.4) is 0 Å². The number of nitrogens with one attached hydrogen (secondary N) is 2. The van der Waals surface area contributed by atoms with Gasteiger partial charge in [0, 0.05) is 6.54 Å². The smallest absolute Gasteiger partial charge is 0.408 e. The Morgan fingerprint density at radius 3 is 2.33 bits per heavy atom. The summed E-state index contributed by atoms with van der Waals surface area (Å²) in [5.41, 5.74) is 1.86. The van der Waals surface area contributed by atoms with Gasteiger partial charge >= 0.3 is 12.1 Å². The fourth-order valence-corrected chi connectivity index (χ4v) is 2.97. The van der Waals surface area contributed by atoms with Gasteiger partial charge in [0.05, 0.1) is 13.2 Å². The summed E-state index contributed by atoms with van der Waals surface area (Å²) in [5.74, 6) is -0.587. The molecule has 0 bridgehead atoms. The van der Waals surface area contributed by atoms with Crippen molar-refractivity contribution in [2.24, 2.45) is 4.99 Å². The van der Waals surface area contributed by atoms with E-state index >= 15 is 0 Å². The topological polar surface area (TPSA) is 109 Å². The maximum absolute atomic E-state index is 12.3. The zero-order valence-electron chi connectivity index (χ0n) is 16.5. The number of benzene rings is 2. The zero-order chi connectivity index (χ0) is 21.2. The molecule has 8 nitrogen and oxygen atoms in total. The minimum Gasteiger partial charge on any atom is -0.480 e. The highest BCUT2D eigenvalue weighted by Crippen LogP contribution is 2.07. The number of carbonyl (C=O) groups excluding carboxylic acids is 1. The second-order valence-corrected chi connectivity index (χ2v) is 6.85. The molecular formula is C22H25N3O5. The summed E-state index contributed by atoms with van der Waals surface area (Å²) in [5, 5.41) is 14.9. The van der Waals surface area contributed by atoms with Crippen molar-refractivity contribution in [1.82, 2.24) is 10.6 Å². The van der Waals surface area contributed by atoms with E-state index in [9.17, 15) is 14.7 Å². The second-order valence-electron chi connectivity index (χ2n) is 6.85. The van der Waals surface area contributed by atoms with E-state index in [1.807, 2.05) is 60.7 Å². The largest absolute Gasteiger partial charge is 0.480 e. The van der Waals surface area contributed by atoms with Gasteiger partial charge in [-0.3, -0.25) is 4.99 Å². The van der Waals surface area contributed by atoms with E-state index in [0.717, 1.165) is 11.1 Å². The van der Waals surface area contributed by atoms with Gasteiger partial charge < -0.3 is 25.2 Å². The number of ether oxygens (including phenoxy) is 2. The number of carbonyl (C=O) groups is 2. The first-order chi connectivity index (χ1) is 14.6. The molecule has 0 saturated heterocycles. The SMILES string of the molecule is O=C(N[C@H](COCc1ccccc1)C1=NCC[C@@H](C(=O)O)N1)OCc1ccccc1. The molecule has 0 radical (unpaired) electrons. The molecule has 8 heteroatoms. The predicted octanol–water partition coefficient (Wildman–Crippen LogP) is 2.34. The Bertz CT molecular complexity index is 858. The van der Waals surface area contributed by atoms with E-state index < -0.39 is 24.1 Å². The summed E-state index contributed by atoms with van der Waals surface area (Å²) in [6.45, 7) is 0.957. The molecular weight excluding hydrogens is 386 g/mol. The highest BCUT2D eigenvalue weighted by Gasteiger charge is 2.28. The van der Waals surface area contributed by atoms with E-state index in [1.54, 1.807) is 0 Å². The lowest BCUT2D eigenvalue weighted by Crippen LogP contribution is -2.55. The van der Waals surface area contributed by atoms with Crippen LogP contribution in [0.15, 0.2) is 65.7 Å². The van der Waals surface area contributed by atoms with Crippen molar-refractivity contribution in [2.75, 3.05) is 13.2 Å². The number of carboxylic acids is 1. The van der Waals surface area contributed by atoms with E-state index in [4.69, 9.17) is 9.47 Å². The first kappa shape index (κ1) is 21.3. The molecule has 0 aliphatic carbocycles. The Morgan fingerprint density at radius 1 is 1.07 bits per heavy atom. The monoisotopic (exact) mass is 411 g/mol. The van der Waals surface area contributed by atoms with Gasteiger partial charge in [-0.15, -0.1) is 0 Å². The Morgan fingerprint density at radius 2 is 1.70 bits per heavy atom. The van der Waals surface area contributed by atoms with Gasteiger partial charge in [-0.05, 0) is 17.5 Å². The van der Waals surface area contributed by atoms with Crippen molar-refractivity contribution >= 4 is 17.9 Å². The zero-order valence-corrected chi connectivity index (χ0v) is 16.5. The lowest BCUT2D eigenvalue weighted by atomic mass is 10.1. The van der Waals surface area contributed by atoms with Crippen molar-refractivity contribution in [3.63, 3.8) is 0 Å². The Hall–Kier alpha value is -3.39. The molecule has 2 aromatic rings. The molecule has 2 aromatic carbocycles. The minimum atomic E-state index is -0.960. The molecule has 1 heterocycles. The van der Waals surface area contributed by atoms with Gasteiger partial charge in [0.2, 0.25) is 0 Å². The number of hydrogen-bond acceptors (Lipinski definition) is 6. The van der Waals surface area contributed by atoms with Gasteiger partial charge in [0.15, 0.2) is 0 Å². The first-order valence-electron chi connectivity index (χ1n) is 9.74. The molecule has 2 atom stereocenters. The number of hydrogen-bond donors (Lipinski definition) is 3. The van der Waals surface area contributed by atoms with Crippen molar-refractivity contribution in [3.05, 3.63) is 71.8 Å². The van der Waals surface area contributed by atoms with E-state index in [2.05, 4.69) is 15.6 Å². The van der Waals surface area contributed by atoms with Crippen LogP contribution in [0.1, 0.15) is 17.5 Å². The maximum Gasteiger partial charge on any atom is 0.408 e. The molecule has 158 valence electrons. The third kappa shape index (κ3) is 6.59. The Balaban J connectivity index is 1.60. The van der Waals surface area contributed by atoms with E-state index in [0.29, 0.717) is 25.4 Å². The summed E-state index contributed by atoms with van der Waals surface area (Å²) in [7, 11) is 0. The van der Waals surface area contributed by atoms with Gasteiger partial charge in [0.25, 0.3) is 0 Å². The number of aliphatic carboxylic acids is 1. The van der Waals surface area contributed by atoms with Crippen molar-refractivity contribution in [1.29, 1.82) is 0 Å². The molecule has 0 aromatic heterocycles. The van der Waals surface area contributed by atoms with Gasteiger partial charge in [-0.25, -0.2) is 9.59 Å². The van der Waals surface area contributed by atoms with Crippen molar-refractivity contribution in [3.8, 4) is 0 Å². The first-order valence-corrected chi connectivity index (χ1v) is 9.74. The lowest BCUT2D eigenvalue weighted by Gasteiger charge is -2.27. The molecule has 30 heavy (non-hydrogen) atoms. The average Bonchev–Trinajstić information content (AvgIpc) is 2.78. The normalized spacial score (nSPS) is 16.7. The number of nitrogens with zero attached hydrogens (tertiary/aromatic N) is 1. The summed E-state index contributed by atoms with van der Waals surface area (Å²) in [6.07, 6.45) is -0.247. The number of carboxylic acid groups (broad SMARTS) is 1. The maximum atomic E-state index is 12.3. The molecule has 3 rings (SSSR count). The molecule has 1 amide bonds. The quantitative estimate of drug-likeness (QED) is 0.584.